The number of aromatic hydroxyl groups is 1. The van der Waals surface area contributed by atoms with Crippen molar-refractivity contribution in [2.75, 3.05) is 40.4 Å². The SMILES string of the molecule is CCNC(=NCCCc1ccc(O)cc1)N1CCC(c2cc(OC)cc(OC)c2)C1.I. The number of guanidine groups is 1. The Morgan fingerprint density at radius 2 is 1.81 bits per heavy atom. The Balaban J connectivity index is 0.00000341. The molecule has 0 aliphatic carbocycles. The van der Waals surface area contributed by atoms with Crippen LogP contribution in [0.25, 0.3) is 0 Å². The third-order valence-corrected chi connectivity index (χ3v) is 5.49. The van der Waals surface area contributed by atoms with Gasteiger partial charge in [-0.3, -0.25) is 4.99 Å². The van der Waals surface area contributed by atoms with Gasteiger partial charge in [0.15, 0.2) is 5.96 Å². The van der Waals surface area contributed by atoms with Crippen LogP contribution >= 0.6 is 24.0 Å². The maximum atomic E-state index is 9.39. The highest BCUT2D eigenvalue weighted by Gasteiger charge is 2.26. The molecule has 0 saturated carbocycles. The number of ether oxygens (including phenoxy) is 2. The topological polar surface area (TPSA) is 66.3 Å². The zero-order chi connectivity index (χ0) is 21.3. The summed E-state index contributed by atoms with van der Waals surface area (Å²) in [4.78, 5) is 7.20. The van der Waals surface area contributed by atoms with Gasteiger partial charge < -0.3 is 24.8 Å². The van der Waals surface area contributed by atoms with Crippen molar-refractivity contribution in [2.24, 2.45) is 4.99 Å². The van der Waals surface area contributed by atoms with Crippen LogP contribution in [-0.4, -0.2) is 56.4 Å². The summed E-state index contributed by atoms with van der Waals surface area (Å²) in [6.07, 6.45) is 3.01. The Bertz CT molecular complexity index is 820. The first-order valence-electron chi connectivity index (χ1n) is 10.7. The summed E-state index contributed by atoms with van der Waals surface area (Å²) < 4.78 is 10.9. The zero-order valence-corrected chi connectivity index (χ0v) is 21.0. The fourth-order valence-corrected chi connectivity index (χ4v) is 3.85. The summed E-state index contributed by atoms with van der Waals surface area (Å²) in [5.74, 6) is 3.38. The standard InChI is InChI=1S/C24H33N3O3.HI/c1-4-25-24(26-12-5-6-18-7-9-21(28)10-8-18)27-13-11-19(17-27)20-14-22(29-2)16-23(15-20)30-3;/h7-10,14-16,19,28H,4-6,11-13,17H2,1-3H3,(H,25,26);1H. The molecule has 31 heavy (non-hydrogen) atoms. The number of nitrogens with one attached hydrogen (secondary N) is 1. The quantitative estimate of drug-likeness (QED) is 0.225. The van der Waals surface area contributed by atoms with Gasteiger partial charge in [0, 0.05) is 38.2 Å². The van der Waals surface area contributed by atoms with Gasteiger partial charge in [-0.05, 0) is 61.6 Å². The van der Waals surface area contributed by atoms with Crippen molar-refractivity contribution in [1.82, 2.24) is 10.2 Å². The van der Waals surface area contributed by atoms with Crippen molar-refractivity contribution in [3.05, 3.63) is 53.6 Å². The highest BCUT2D eigenvalue weighted by molar-refractivity contribution is 14.0. The van der Waals surface area contributed by atoms with Crippen molar-refractivity contribution >= 4 is 29.9 Å². The van der Waals surface area contributed by atoms with E-state index in [0.717, 1.165) is 62.9 Å². The Morgan fingerprint density at radius 3 is 2.42 bits per heavy atom. The van der Waals surface area contributed by atoms with Gasteiger partial charge in [-0.25, -0.2) is 0 Å². The fraction of sp³-hybridized carbons (Fsp3) is 0.458. The number of phenols is 1. The van der Waals surface area contributed by atoms with Gasteiger partial charge in [-0.2, -0.15) is 0 Å². The van der Waals surface area contributed by atoms with E-state index in [-0.39, 0.29) is 24.0 Å². The molecule has 2 N–H and O–H groups in total. The van der Waals surface area contributed by atoms with Gasteiger partial charge in [0.25, 0.3) is 0 Å². The lowest BCUT2D eigenvalue weighted by atomic mass is 9.98. The molecule has 7 heteroatoms. The third-order valence-electron chi connectivity index (χ3n) is 5.49. The van der Waals surface area contributed by atoms with E-state index in [1.165, 1.54) is 11.1 Å². The number of nitrogens with zero attached hydrogens (tertiary/aromatic N) is 2. The molecule has 170 valence electrons. The molecule has 0 spiro atoms. The summed E-state index contributed by atoms with van der Waals surface area (Å²) in [7, 11) is 3.38. The number of hydrogen-bond donors (Lipinski definition) is 2. The number of aliphatic imine (C=N–C) groups is 1. The Kier molecular flexibility index (Phi) is 10.2. The van der Waals surface area contributed by atoms with E-state index in [0.29, 0.717) is 11.7 Å². The Hall–Kier alpha value is -2.16. The van der Waals surface area contributed by atoms with Gasteiger partial charge in [-0.1, -0.05) is 12.1 Å². The molecule has 1 heterocycles. The summed E-state index contributed by atoms with van der Waals surface area (Å²) in [5, 5.41) is 12.8. The molecule has 1 atom stereocenters. The predicted octanol–water partition coefficient (Wildman–Crippen LogP) is 4.42. The maximum absolute atomic E-state index is 9.39. The number of aryl methyl sites for hydroxylation is 1. The molecule has 2 aromatic rings. The summed E-state index contributed by atoms with van der Waals surface area (Å²) >= 11 is 0. The Labute approximate surface area is 202 Å². The maximum Gasteiger partial charge on any atom is 0.193 e. The van der Waals surface area contributed by atoms with Crippen molar-refractivity contribution in [2.45, 2.75) is 32.1 Å². The first-order valence-corrected chi connectivity index (χ1v) is 10.7. The summed E-state index contributed by atoms with van der Waals surface area (Å²) in [6, 6.07) is 13.5. The molecular weight excluding hydrogens is 505 g/mol. The van der Waals surface area contributed by atoms with E-state index in [1.54, 1.807) is 26.4 Å². The molecule has 1 aliphatic rings. The van der Waals surface area contributed by atoms with Crippen LogP contribution in [0.15, 0.2) is 47.5 Å². The van der Waals surface area contributed by atoms with Gasteiger partial charge in [-0.15, -0.1) is 24.0 Å². The van der Waals surface area contributed by atoms with Crippen LogP contribution in [0.5, 0.6) is 17.2 Å². The van der Waals surface area contributed by atoms with Crippen LogP contribution in [0.4, 0.5) is 0 Å². The van der Waals surface area contributed by atoms with E-state index in [9.17, 15) is 5.11 Å². The molecule has 6 nitrogen and oxygen atoms in total. The summed E-state index contributed by atoms with van der Waals surface area (Å²) in [5.41, 5.74) is 2.47. The van der Waals surface area contributed by atoms with Gasteiger partial charge >= 0.3 is 0 Å². The molecule has 1 saturated heterocycles. The number of phenolic OH excluding ortho intramolecular Hbond substituents is 1. The second-order valence-corrected chi connectivity index (χ2v) is 7.58. The largest absolute Gasteiger partial charge is 0.508 e. The predicted molar refractivity (Wildman–Crippen MR) is 136 cm³/mol. The molecule has 0 amide bonds. The average molecular weight is 539 g/mol. The third kappa shape index (κ3) is 7.19. The number of hydrogen-bond acceptors (Lipinski definition) is 4. The smallest absolute Gasteiger partial charge is 0.193 e. The molecule has 0 radical (unpaired) electrons. The van der Waals surface area contributed by atoms with Crippen LogP contribution in [0.1, 0.15) is 36.8 Å². The number of methoxy groups -OCH3 is 2. The van der Waals surface area contributed by atoms with Gasteiger partial charge in [0.05, 0.1) is 14.2 Å². The molecule has 1 fully saturated rings. The molecule has 1 aliphatic heterocycles. The monoisotopic (exact) mass is 539 g/mol. The molecule has 0 aromatic heterocycles. The highest BCUT2D eigenvalue weighted by Crippen LogP contribution is 2.32. The first-order chi connectivity index (χ1) is 14.6. The molecule has 3 rings (SSSR count). The average Bonchev–Trinajstić information content (AvgIpc) is 3.27. The van der Waals surface area contributed by atoms with Crippen LogP contribution in [0, 0.1) is 0 Å². The van der Waals surface area contributed by atoms with E-state index in [4.69, 9.17) is 14.5 Å². The Morgan fingerprint density at radius 1 is 1.13 bits per heavy atom. The number of benzene rings is 2. The normalized spacial score (nSPS) is 16.0. The molecule has 1 unspecified atom stereocenters. The lowest BCUT2D eigenvalue weighted by Gasteiger charge is -2.22. The second kappa shape index (κ2) is 12.6. The minimum atomic E-state index is 0. The highest BCUT2D eigenvalue weighted by atomic mass is 127. The fourth-order valence-electron chi connectivity index (χ4n) is 3.85. The lowest BCUT2D eigenvalue weighted by Crippen LogP contribution is -2.40. The second-order valence-electron chi connectivity index (χ2n) is 7.58. The van der Waals surface area contributed by atoms with Crippen molar-refractivity contribution < 1.29 is 14.6 Å². The molecule has 2 aromatic carbocycles. The van der Waals surface area contributed by atoms with Crippen LogP contribution < -0.4 is 14.8 Å². The summed E-state index contributed by atoms with van der Waals surface area (Å²) in [6.45, 7) is 5.64. The number of likely N-dealkylation sites (tertiary alicyclic amines) is 1. The minimum absolute atomic E-state index is 0. The van der Waals surface area contributed by atoms with Crippen molar-refractivity contribution in [3.63, 3.8) is 0 Å². The number of halogens is 1. The van der Waals surface area contributed by atoms with Crippen LogP contribution in [-0.2, 0) is 6.42 Å². The van der Waals surface area contributed by atoms with E-state index < -0.39 is 0 Å². The van der Waals surface area contributed by atoms with Crippen LogP contribution in [0.2, 0.25) is 0 Å². The van der Waals surface area contributed by atoms with E-state index in [2.05, 4.69) is 29.3 Å². The van der Waals surface area contributed by atoms with Crippen molar-refractivity contribution in [1.29, 1.82) is 0 Å². The number of rotatable bonds is 8. The van der Waals surface area contributed by atoms with Gasteiger partial charge in [0.1, 0.15) is 17.2 Å². The van der Waals surface area contributed by atoms with Crippen molar-refractivity contribution in [3.8, 4) is 17.2 Å². The molecule has 0 bridgehead atoms. The van der Waals surface area contributed by atoms with Crippen LogP contribution in [0.3, 0.4) is 0 Å². The van der Waals surface area contributed by atoms with E-state index >= 15 is 0 Å². The molecular formula is C24H34IN3O3. The van der Waals surface area contributed by atoms with E-state index in [1.807, 2.05) is 18.2 Å². The minimum Gasteiger partial charge on any atom is -0.508 e. The first kappa shape index (κ1) is 25.1. The zero-order valence-electron chi connectivity index (χ0n) is 18.6. The lowest BCUT2D eigenvalue weighted by molar-refractivity contribution is 0.392. The van der Waals surface area contributed by atoms with Gasteiger partial charge in [0.2, 0.25) is 0 Å².